The van der Waals surface area contributed by atoms with Gasteiger partial charge in [0.15, 0.2) is 0 Å². The van der Waals surface area contributed by atoms with E-state index in [1.165, 1.54) is 6.07 Å². The summed E-state index contributed by atoms with van der Waals surface area (Å²) in [4.78, 5) is 66.7. The summed E-state index contributed by atoms with van der Waals surface area (Å²) in [5, 5.41) is 14.3. The minimum Gasteiger partial charge on any atom is -0.492 e. The average molecular weight is 658 g/mol. The quantitative estimate of drug-likeness (QED) is 0.272. The predicted molar refractivity (Wildman–Crippen MR) is 174 cm³/mol. The van der Waals surface area contributed by atoms with Crippen molar-refractivity contribution in [1.29, 1.82) is 0 Å². The molecule has 4 atom stereocenters. The Balaban J connectivity index is 1.86. The van der Waals surface area contributed by atoms with Crippen molar-refractivity contribution in [3.63, 3.8) is 0 Å². The number of amides is 5. The zero-order valence-corrected chi connectivity index (χ0v) is 27.6. The fraction of sp³-hybridized carbons (Fsp3) is 0.485. The van der Waals surface area contributed by atoms with Crippen LogP contribution in [0.1, 0.15) is 57.8 Å². The molecule has 13 heteroatoms. The summed E-state index contributed by atoms with van der Waals surface area (Å²) in [7, 11) is 0. The monoisotopic (exact) mass is 657 g/mol. The maximum absolute atomic E-state index is 13.5. The van der Waals surface area contributed by atoms with Crippen LogP contribution in [0.5, 0.6) is 11.5 Å². The summed E-state index contributed by atoms with van der Waals surface area (Å²) in [6.45, 7) is 9.39. The van der Waals surface area contributed by atoms with E-state index >= 15 is 0 Å². The average Bonchev–Trinajstić information content (AvgIpc) is 3.00. The maximum Gasteiger partial charge on any atom is 0.255 e. The van der Waals surface area contributed by atoms with E-state index in [1.807, 2.05) is 27.7 Å². The van der Waals surface area contributed by atoms with Crippen LogP contribution in [0.4, 0.5) is 0 Å². The van der Waals surface area contributed by atoms with Gasteiger partial charge in [0.25, 0.3) is 5.91 Å². The summed E-state index contributed by atoms with van der Waals surface area (Å²) in [6.07, 6.45) is -0.168. The molecule has 0 saturated heterocycles. The highest BCUT2D eigenvalue weighted by Crippen LogP contribution is 2.19. The molecule has 3 rings (SSSR count). The van der Waals surface area contributed by atoms with Crippen molar-refractivity contribution in [2.24, 2.45) is 11.8 Å². The first-order chi connectivity index (χ1) is 21.8. The molecular formula is C33H44ClN5O7. The van der Waals surface area contributed by atoms with Crippen molar-refractivity contribution in [2.45, 2.75) is 71.6 Å². The molecule has 2 aromatic carbocycles. The maximum atomic E-state index is 13.5. The Labute approximate surface area is 274 Å². The van der Waals surface area contributed by atoms with Crippen LogP contribution < -0.4 is 36.1 Å². The van der Waals surface area contributed by atoms with Crippen molar-refractivity contribution >= 4 is 41.1 Å². The van der Waals surface area contributed by atoms with E-state index in [-0.39, 0.29) is 49.3 Å². The third-order valence-electron chi connectivity index (χ3n) is 7.11. The van der Waals surface area contributed by atoms with Crippen molar-refractivity contribution < 1.29 is 33.4 Å². The van der Waals surface area contributed by atoms with Gasteiger partial charge in [-0.05, 0) is 61.6 Å². The minimum atomic E-state index is -1.29. The summed E-state index contributed by atoms with van der Waals surface area (Å²) < 4.78 is 11.5. The second kappa shape index (κ2) is 17.4. The van der Waals surface area contributed by atoms with E-state index in [1.54, 1.807) is 49.4 Å². The molecule has 5 amide bonds. The van der Waals surface area contributed by atoms with Gasteiger partial charge in [-0.3, -0.25) is 24.0 Å². The molecule has 0 unspecified atom stereocenters. The molecule has 0 radical (unpaired) electrons. The highest BCUT2D eigenvalue weighted by atomic mass is 35.5. The normalized spacial score (nSPS) is 21.6. The molecule has 0 bridgehead atoms. The number of hydrogen-bond acceptors (Lipinski definition) is 7. The van der Waals surface area contributed by atoms with Crippen molar-refractivity contribution in [2.75, 3.05) is 19.8 Å². The molecule has 46 heavy (non-hydrogen) atoms. The number of para-hydroxylation sites is 1. The molecule has 1 aliphatic rings. The van der Waals surface area contributed by atoms with E-state index < -0.39 is 60.1 Å². The molecule has 2 aromatic rings. The summed E-state index contributed by atoms with van der Waals surface area (Å²) in [5.41, 5.74) is 0.143. The number of ether oxygens (including phenoxy) is 2. The van der Waals surface area contributed by atoms with Gasteiger partial charge in [-0.2, -0.15) is 0 Å². The lowest BCUT2D eigenvalue weighted by atomic mass is 9.99. The third kappa shape index (κ3) is 11.2. The molecule has 1 aliphatic heterocycles. The first-order valence-electron chi connectivity index (χ1n) is 15.4. The van der Waals surface area contributed by atoms with E-state index in [4.69, 9.17) is 21.1 Å². The van der Waals surface area contributed by atoms with Gasteiger partial charge in [0.2, 0.25) is 23.6 Å². The van der Waals surface area contributed by atoms with Crippen molar-refractivity contribution in [3.05, 3.63) is 59.1 Å². The van der Waals surface area contributed by atoms with Gasteiger partial charge < -0.3 is 36.1 Å². The Morgan fingerprint density at radius 2 is 1.65 bits per heavy atom. The number of hydrogen-bond donors (Lipinski definition) is 5. The summed E-state index contributed by atoms with van der Waals surface area (Å²) >= 11 is 5.91. The predicted octanol–water partition coefficient (Wildman–Crippen LogP) is 2.59. The lowest BCUT2D eigenvalue weighted by molar-refractivity contribution is -0.134. The van der Waals surface area contributed by atoms with Gasteiger partial charge in [-0.15, -0.1) is 0 Å². The van der Waals surface area contributed by atoms with E-state index in [0.29, 0.717) is 10.8 Å². The Hall–Kier alpha value is -4.32. The minimum absolute atomic E-state index is 0.0181. The summed E-state index contributed by atoms with van der Waals surface area (Å²) in [5.74, 6) is -2.27. The zero-order valence-electron chi connectivity index (χ0n) is 26.9. The van der Waals surface area contributed by atoms with Crippen LogP contribution in [0.3, 0.4) is 0 Å². The van der Waals surface area contributed by atoms with Crippen LogP contribution in [0.15, 0.2) is 48.5 Å². The summed E-state index contributed by atoms with van der Waals surface area (Å²) in [6, 6.07) is 9.59. The Morgan fingerprint density at radius 1 is 0.957 bits per heavy atom. The van der Waals surface area contributed by atoms with Crippen LogP contribution in [0, 0.1) is 11.8 Å². The van der Waals surface area contributed by atoms with E-state index in [0.717, 1.165) is 0 Å². The molecule has 0 spiro atoms. The van der Waals surface area contributed by atoms with Crippen molar-refractivity contribution in [3.8, 4) is 11.5 Å². The highest BCUT2D eigenvalue weighted by molar-refractivity contribution is 6.30. The van der Waals surface area contributed by atoms with Gasteiger partial charge in [0.05, 0.1) is 24.6 Å². The van der Waals surface area contributed by atoms with E-state index in [2.05, 4.69) is 26.6 Å². The smallest absolute Gasteiger partial charge is 0.255 e. The van der Waals surface area contributed by atoms with Crippen LogP contribution in [-0.4, -0.2) is 73.5 Å². The van der Waals surface area contributed by atoms with Gasteiger partial charge in [0, 0.05) is 5.02 Å². The second-order valence-electron chi connectivity index (χ2n) is 12.0. The first-order valence-corrected chi connectivity index (χ1v) is 15.8. The standard InChI is InChI=1S/C33H44ClN5O7/c1-19(2)16-25-32(43)39-29(20(3)4)33(44)36-21(5)18-46-27-9-7-6-8-24(27)30(41)38-26(17-28(40)37-25)31(42)35-14-15-45-23-12-10-22(34)11-13-23/h6-13,19-21,25-26,29H,14-18H2,1-5H3,(H,35,42)(H,36,44)(H,37,40)(H,38,41)(H,39,43)/t21-,25-,26-,29+/m0/s1. The van der Waals surface area contributed by atoms with Gasteiger partial charge in [-0.25, -0.2) is 0 Å². The molecule has 1 heterocycles. The van der Waals surface area contributed by atoms with Crippen molar-refractivity contribution in [1.82, 2.24) is 26.6 Å². The molecule has 0 saturated carbocycles. The molecule has 5 N–H and O–H groups in total. The lowest BCUT2D eigenvalue weighted by Crippen LogP contribution is -2.57. The number of carbonyl (C=O) groups excluding carboxylic acids is 5. The lowest BCUT2D eigenvalue weighted by Gasteiger charge is -2.27. The Bertz CT molecular complexity index is 1370. The molecule has 0 aliphatic carbocycles. The first kappa shape index (κ1) is 36.2. The second-order valence-corrected chi connectivity index (χ2v) is 12.5. The topological polar surface area (TPSA) is 164 Å². The highest BCUT2D eigenvalue weighted by Gasteiger charge is 2.32. The molecule has 0 aromatic heterocycles. The Kier molecular flexibility index (Phi) is 13.7. The number of halogens is 1. The van der Waals surface area contributed by atoms with Crippen LogP contribution in [0.25, 0.3) is 0 Å². The SMILES string of the molecule is CC(C)C[C@@H]1NC(=O)C[C@@H](C(=O)NCCOc2ccc(Cl)cc2)NC(=O)c2ccccc2OC[C@H](C)NC(=O)[C@@H](C(C)C)NC1=O. The van der Waals surface area contributed by atoms with Crippen LogP contribution in [0.2, 0.25) is 5.02 Å². The third-order valence-corrected chi connectivity index (χ3v) is 7.36. The van der Waals surface area contributed by atoms with E-state index in [9.17, 15) is 24.0 Å². The molecule has 250 valence electrons. The zero-order chi connectivity index (χ0) is 33.8. The fourth-order valence-electron chi connectivity index (χ4n) is 4.74. The largest absolute Gasteiger partial charge is 0.492 e. The van der Waals surface area contributed by atoms with Crippen LogP contribution in [-0.2, 0) is 19.2 Å². The fourth-order valence-corrected chi connectivity index (χ4v) is 4.87. The number of carbonyl (C=O) groups is 5. The Morgan fingerprint density at radius 3 is 2.33 bits per heavy atom. The molecule has 12 nitrogen and oxygen atoms in total. The molecular weight excluding hydrogens is 614 g/mol. The van der Waals surface area contributed by atoms with Gasteiger partial charge in [-0.1, -0.05) is 51.4 Å². The van der Waals surface area contributed by atoms with Gasteiger partial charge in [0.1, 0.15) is 42.8 Å². The number of benzene rings is 2. The molecule has 0 fully saturated rings. The van der Waals surface area contributed by atoms with Crippen LogP contribution >= 0.6 is 11.6 Å². The number of nitrogens with one attached hydrogen (secondary N) is 5. The number of rotatable bonds is 8. The van der Waals surface area contributed by atoms with Gasteiger partial charge >= 0.3 is 0 Å². The number of fused-ring (bicyclic) bond motifs is 1.